The number of ether oxygens (including phenoxy) is 2. The van der Waals surface area contributed by atoms with Crippen LogP contribution < -0.4 is 11.1 Å². The van der Waals surface area contributed by atoms with Crippen LogP contribution in [-0.2, 0) is 14.3 Å². The van der Waals surface area contributed by atoms with Crippen LogP contribution in [0.4, 0.5) is 0 Å². The molecule has 0 spiro atoms. The van der Waals surface area contributed by atoms with E-state index in [2.05, 4.69) is 12.2 Å². The molecule has 1 aliphatic rings. The Hall–Kier alpha value is -0.650. The van der Waals surface area contributed by atoms with Crippen LogP contribution in [0.1, 0.15) is 47.0 Å². The highest BCUT2D eigenvalue weighted by atomic mass is 16.5. The first kappa shape index (κ1) is 17.4. The summed E-state index contributed by atoms with van der Waals surface area (Å²) < 4.78 is 11.0. The number of carbonyl (C=O) groups is 1. The van der Waals surface area contributed by atoms with E-state index in [1.807, 2.05) is 20.8 Å². The van der Waals surface area contributed by atoms with E-state index in [4.69, 9.17) is 15.2 Å². The Morgan fingerprint density at radius 1 is 1.35 bits per heavy atom. The van der Waals surface area contributed by atoms with Crippen LogP contribution in [0, 0.1) is 5.41 Å². The van der Waals surface area contributed by atoms with Crippen molar-refractivity contribution in [2.24, 2.45) is 11.1 Å². The summed E-state index contributed by atoms with van der Waals surface area (Å²) in [5, 5.41) is 2.88. The summed E-state index contributed by atoms with van der Waals surface area (Å²) in [7, 11) is 0. The molecular formula is C15H30N2O3. The van der Waals surface area contributed by atoms with Gasteiger partial charge < -0.3 is 20.5 Å². The minimum absolute atomic E-state index is 0.0593. The number of unbranched alkanes of at least 4 members (excludes halogenated alkanes) is 1. The Morgan fingerprint density at radius 2 is 2.05 bits per heavy atom. The van der Waals surface area contributed by atoms with Gasteiger partial charge in [-0.1, -0.05) is 27.2 Å². The number of rotatable bonds is 9. The van der Waals surface area contributed by atoms with Crippen molar-refractivity contribution in [2.75, 3.05) is 26.4 Å². The fourth-order valence-corrected chi connectivity index (χ4v) is 2.56. The molecule has 1 fully saturated rings. The maximum Gasteiger partial charge on any atom is 0.240 e. The SMILES string of the molecule is CCCCOCCNC(=O)C1(N)CC(OCC)C1(C)C. The van der Waals surface area contributed by atoms with E-state index in [-0.39, 0.29) is 17.4 Å². The molecule has 118 valence electrons. The van der Waals surface area contributed by atoms with Crippen molar-refractivity contribution >= 4 is 5.91 Å². The molecule has 0 aromatic heterocycles. The van der Waals surface area contributed by atoms with Crippen LogP contribution in [0.3, 0.4) is 0 Å². The molecule has 1 amide bonds. The smallest absolute Gasteiger partial charge is 0.240 e. The summed E-state index contributed by atoms with van der Waals surface area (Å²) in [6, 6.07) is 0. The normalized spacial score (nSPS) is 27.9. The third kappa shape index (κ3) is 3.51. The average Bonchev–Trinajstić information content (AvgIpc) is 2.41. The van der Waals surface area contributed by atoms with Crippen molar-refractivity contribution in [3.63, 3.8) is 0 Å². The summed E-state index contributed by atoms with van der Waals surface area (Å²) >= 11 is 0. The molecule has 0 saturated heterocycles. The Bertz CT molecular complexity index is 320. The topological polar surface area (TPSA) is 73.6 Å². The first-order chi connectivity index (χ1) is 9.40. The van der Waals surface area contributed by atoms with E-state index in [1.165, 1.54) is 0 Å². The average molecular weight is 286 g/mol. The first-order valence-corrected chi connectivity index (χ1v) is 7.66. The number of hydrogen-bond donors (Lipinski definition) is 2. The lowest BCUT2D eigenvalue weighted by molar-refractivity contribution is -0.170. The highest BCUT2D eigenvalue weighted by Gasteiger charge is 2.62. The number of carbonyl (C=O) groups excluding carboxylic acids is 1. The van der Waals surface area contributed by atoms with Crippen molar-refractivity contribution in [1.29, 1.82) is 0 Å². The van der Waals surface area contributed by atoms with E-state index in [0.717, 1.165) is 19.4 Å². The van der Waals surface area contributed by atoms with Gasteiger partial charge in [-0.15, -0.1) is 0 Å². The molecule has 0 aromatic carbocycles. The van der Waals surface area contributed by atoms with Crippen LogP contribution in [0.15, 0.2) is 0 Å². The third-order valence-corrected chi connectivity index (χ3v) is 4.41. The number of nitrogens with one attached hydrogen (secondary N) is 1. The predicted molar refractivity (Wildman–Crippen MR) is 79.5 cm³/mol. The molecule has 2 unspecified atom stereocenters. The molecule has 0 bridgehead atoms. The molecule has 3 N–H and O–H groups in total. The highest BCUT2D eigenvalue weighted by Crippen LogP contribution is 2.49. The molecule has 0 aromatic rings. The van der Waals surface area contributed by atoms with Gasteiger partial charge in [0.25, 0.3) is 0 Å². The molecular weight excluding hydrogens is 256 g/mol. The van der Waals surface area contributed by atoms with Gasteiger partial charge in [0.2, 0.25) is 5.91 Å². The molecule has 0 aliphatic heterocycles. The van der Waals surface area contributed by atoms with Crippen molar-refractivity contribution in [1.82, 2.24) is 5.32 Å². The van der Waals surface area contributed by atoms with Gasteiger partial charge in [0.15, 0.2) is 0 Å². The number of amides is 1. The van der Waals surface area contributed by atoms with Crippen LogP contribution in [0.2, 0.25) is 0 Å². The first-order valence-electron chi connectivity index (χ1n) is 7.66. The monoisotopic (exact) mass is 286 g/mol. The lowest BCUT2D eigenvalue weighted by Crippen LogP contribution is -2.75. The van der Waals surface area contributed by atoms with Gasteiger partial charge >= 0.3 is 0 Å². The third-order valence-electron chi connectivity index (χ3n) is 4.41. The van der Waals surface area contributed by atoms with Gasteiger partial charge in [-0.2, -0.15) is 0 Å². The second kappa shape index (κ2) is 7.38. The fourth-order valence-electron chi connectivity index (χ4n) is 2.56. The van der Waals surface area contributed by atoms with Crippen molar-refractivity contribution in [2.45, 2.75) is 58.6 Å². The minimum Gasteiger partial charge on any atom is -0.380 e. The zero-order valence-corrected chi connectivity index (χ0v) is 13.3. The van der Waals surface area contributed by atoms with Crippen molar-refractivity contribution < 1.29 is 14.3 Å². The summed E-state index contributed by atoms with van der Waals surface area (Å²) in [6.45, 7) is 10.5. The number of nitrogens with two attached hydrogens (primary N) is 1. The molecule has 2 atom stereocenters. The van der Waals surface area contributed by atoms with Crippen LogP contribution >= 0.6 is 0 Å². The molecule has 0 radical (unpaired) electrons. The maximum absolute atomic E-state index is 12.3. The molecule has 1 saturated carbocycles. The summed E-state index contributed by atoms with van der Waals surface area (Å²) in [5.41, 5.74) is 5.10. The van der Waals surface area contributed by atoms with E-state index in [9.17, 15) is 4.79 Å². The number of hydrogen-bond acceptors (Lipinski definition) is 4. The van der Waals surface area contributed by atoms with Crippen LogP contribution in [-0.4, -0.2) is 43.9 Å². The zero-order chi connectivity index (χ0) is 15.2. The second-order valence-corrected chi connectivity index (χ2v) is 6.06. The fraction of sp³-hybridized carbons (Fsp3) is 0.933. The van der Waals surface area contributed by atoms with Crippen LogP contribution in [0.5, 0.6) is 0 Å². The Morgan fingerprint density at radius 3 is 2.60 bits per heavy atom. The second-order valence-electron chi connectivity index (χ2n) is 6.06. The van der Waals surface area contributed by atoms with Gasteiger partial charge in [0.1, 0.15) is 5.54 Å². The van der Waals surface area contributed by atoms with Gasteiger partial charge in [0.05, 0.1) is 12.7 Å². The summed E-state index contributed by atoms with van der Waals surface area (Å²) in [4.78, 5) is 12.3. The molecule has 20 heavy (non-hydrogen) atoms. The maximum atomic E-state index is 12.3. The van der Waals surface area contributed by atoms with Gasteiger partial charge in [-0.05, 0) is 13.3 Å². The minimum atomic E-state index is -0.837. The van der Waals surface area contributed by atoms with E-state index in [1.54, 1.807) is 0 Å². The molecule has 5 nitrogen and oxygen atoms in total. The van der Waals surface area contributed by atoms with Crippen molar-refractivity contribution in [3.05, 3.63) is 0 Å². The largest absolute Gasteiger partial charge is 0.380 e. The Labute approximate surface area is 122 Å². The Kier molecular flexibility index (Phi) is 6.43. The van der Waals surface area contributed by atoms with E-state index < -0.39 is 5.54 Å². The zero-order valence-electron chi connectivity index (χ0n) is 13.3. The molecule has 0 heterocycles. The molecule has 5 heteroatoms. The summed E-state index contributed by atoms with van der Waals surface area (Å²) in [5.74, 6) is -0.0995. The van der Waals surface area contributed by atoms with Crippen molar-refractivity contribution in [3.8, 4) is 0 Å². The molecule has 1 rings (SSSR count). The van der Waals surface area contributed by atoms with Gasteiger partial charge in [-0.25, -0.2) is 0 Å². The standard InChI is InChI=1S/C15H30N2O3/c1-5-7-9-19-10-8-17-13(18)15(16)11-12(20-6-2)14(15,3)4/h12H,5-11,16H2,1-4H3,(H,17,18). The predicted octanol–water partition coefficient (Wildman–Crippen LogP) is 1.45. The van der Waals surface area contributed by atoms with Gasteiger partial charge in [0, 0.05) is 31.6 Å². The Balaban J connectivity index is 2.33. The summed E-state index contributed by atoms with van der Waals surface area (Å²) in [6.07, 6.45) is 2.81. The van der Waals surface area contributed by atoms with E-state index in [0.29, 0.717) is 26.2 Å². The van der Waals surface area contributed by atoms with E-state index >= 15 is 0 Å². The quantitative estimate of drug-likeness (QED) is 0.629. The van der Waals surface area contributed by atoms with Crippen LogP contribution in [0.25, 0.3) is 0 Å². The molecule has 1 aliphatic carbocycles. The highest BCUT2D eigenvalue weighted by molar-refractivity contribution is 5.88. The lowest BCUT2D eigenvalue weighted by atomic mass is 9.54. The van der Waals surface area contributed by atoms with Gasteiger partial charge in [-0.3, -0.25) is 4.79 Å². The lowest BCUT2D eigenvalue weighted by Gasteiger charge is -2.57.